The van der Waals surface area contributed by atoms with Crippen molar-refractivity contribution in [1.82, 2.24) is 5.32 Å². The molecule has 2 aromatic rings. The lowest BCUT2D eigenvalue weighted by molar-refractivity contribution is -0.141. The van der Waals surface area contributed by atoms with Crippen LogP contribution in [0.3, 0.4) is 0 Å². The number of nitrogens with one attached hydrogen (secondary N) is 1. The van der Waals surface area contributed by atoms with Crippen LogP contribution in [0.25, 0.3) is 0 Å². The Morgan fingerprint density at radius 1 is 1.08 bits per heavy atom. The number of rotatable bonds is 7. The monoisotopic (exact) mass is 337 g/mol. The largest absolute Gasteiger partial charge is 0.469 e. The Kier molecular flexibility index (Phi) is 6.37. The number of carbonyl (C=O) groups is 1. The van der Waals surface area contributed by atoms with Gasteiger partial charge in [0.1, 0.15) is 5.82 Å². The smallest absolute Gasteiger partial charge is 0.307 e. The minimum absolute atomic E-state index is 0.00312. The molecule has 1 N–H and O–H groups in total. The Morgan fingerprint density at radius 2 is 1.75 bits per heavy atom. The third-order valence-corrected chi connectivity index (χ3v) is 3.63. The third kappa shape index (κ3) is 5.09. The van der Waals surface area contributed by atoms with Crippen molar-refractivity contribution in [1.29, 1.82) is 0 Å². The molecule has 0 heterocycles. The lowest BCUT2D eigenvalue weighted by atomic mass is 10.0. The summed E-state index contributed by atoms with van der Waals surface area (Å²) in [5.41, 5.74) is 0.987. The van der Waals surface area contributed by atoms with Gasteiger partial charge in [-0.2, -0.15) is 0 Å². The molecule has 0 aliphatic carbocycles. The molecule has 0 unspecified atom stereocenters. The minimum atomic E-state index is -1.24. The first kappa shape index (κ1) is 18.0. The van der Waals surface area contributed by atoms with Gasteiger partial charge in [0.05, 0.1) is 13.5 Å². The molecular formula is C18H18F3NO2. The highest BCUT2D eigenvalue weighted by Crippen LogP contribution is 2.17. The van der Waals surface area contributed by atoms with E-state index in [2.05, 4.69) is 10.1 Å². The zero-order valence-electron chi connectivity index (χ0n) is 13.2. The van der Waals surface area contributed by atoms with E-state index in [1.165, 1.54) is 7.11 Å². The van der Waals surface area contributed by atoms with Gasteiger partial charge in [-0.15, -0.1) is 0 Å². The van der Waals surface area contributed by atoms with Crippen LogP contribution in [0.2, 0.25) is 0 Å². The molecule has 6 heteroatoms. The minimum Gasteiger partial charge on any atom is -0.469 e. The molecule has 0 saturated heterocycles. The molecule has 2 aromatic carbocycles. The van der Waals surface area contributed by atoms with Crippen LogP contribution >= 0.6 is 0 Å². The Labute approximate surface area is 138 Å². The van der Waals surface area contributed by atoms with Gasteiger partial charge < -0.3 is 10.1 Å². The van der Waals surface area contributed by atoms with E-state index in [1.54, 1.807) is 0 Å². The Balaban J connectivity index is 2.11. The fourth-order valence-electron chi connectivity index (χ4n) is 2.34. The molecule has 0 aliphatic rings. The van der Waals surface area contributed by atoms with Crippen molar-refractivity contribution in [3.8, 4) is 0 Å². The molecule has 3 nitrogen and oxygen atoms in total. The van der Waals surface area contributed by atoms with Crippen molar-refractivity contribution in [3.63, 3.8) is 0 Å². The molecular weight excluding hydrogens is 319 g/mol. The van der Waals surface area contributed by atoms with E-state index in [-0.39, 0.29) is 18.4 Å². The van der Waals surface area contributed by atoms with E-state index in [1.807, 2.05) is 30.3 Å². The van der Waals surface area contributed by atoms with E-state index < -0.39 is 29.5 Å². The van der Waals surface area contributed by atoms with Gasteiger partial charge in [0.25, 0.3) is 0 Å². The zero-order valence-corrected chi connectivity index (χ0v) is 13.2. The molecule has 2 rings (SSSR count). The molecule has 0 bridgehead atoms. The van der Waals surface area contributed by atoms with Crippen molar-refractivity contribution < 1.29 is 22.7 Å². The van der Waals surface area contributed by atoms with Crippen LogP contribution in [0.4, 0.5) is 13.2 Å². The fourth-order valence-corrected chi connectivity index (χ4v) is 2.34. The molecule has 0 spiro atoms. The van der Waals surface area contributed by atoms with Crippen LogP contribution < -0.4 is 5.32 Å². The maximum atomic E-state index is 13.8. The number of methoxy groups -OCH3 is 1. The summed E-state index contributed by atoms with van der Waals surface area (Å²) in [4.78, 5) is 11.5. The Hall–Kier alpha value is -2.34. The molecule has 0 amide bonds. The SMILES string of the molecule is COC(=O)C[C@H](Cc1cc(F)c(F)cc1F)NCc1ccccc1. The van der Waals surface area contributed by atoms with Crippen LogP contribution in [0.15, 0.2) is 42.5 Å². The van der Waals surface area contributed by atoms with E-state index in [0.717, 1.165) is 11.6 Å². The quantitative estimate of drug-likeness (QED) is 0.622. The Morgan fingerprint density at radius 3 is 2.42 bits per heavy atom. The van der Waals surface area contributed by atoms with E-state index in [4.69, 9.17) is 0 Å². The number of ether oxygens (including phenoxy) is 1. The molecule has 0 aromatic heterocycles. The average molecular weight is 337 g/mol. The van der Waals surface area contributed by atoms with Gasteiger partial charge in [-0.05, 0) is 23.6 Å². The van der Waals surface area contributed by atoms with Crippen molar-refractivity contribution in [2.45, 2.75) is 25.4 Å². The first-order valence-corrected chi connectivity index (χ1v) is 7.47. The summed E-state index contributed by atoms with van der Waals surface area (Å²) in [6.45, 7) is 0.452. The summed E-state index contributed by atoms with van der Waals surface area (Å²) < 4.78 is 44.8. The van der Waals surface area contributed by atoms with E-state index >= 15 is 0 Å². The van der Waals surface area contributed by atoms with Gasteiger partial charge in [0.15, 0.2) is 11.6 Å². The van der Waals surface area contributed by atoms with Gasteiger partial charge >= 0.3 is 5.97 Å². The second-order valence-electron chi connectivity index (χ2n) is 5.41. The van der Waals surface area contributed by atoms with Gasteiger partial charge in [-0.25, -0.2) is 13.2 Å². The van der Waals surface area contributed by atoms with Crippen LogP contribution in [0, 0.1) is 17.5 Å². The van der Waals surface area contributed by atoms with Gasteiger partial charge in [-0.1, -0.05) is 30.3 Å². The molecule has 0 fully saturated rings. The van der Waals surface area contributed by atoms with Gasteiger partial charge in [0.2, 0.25) is 0 Å². The lowest BCUT2D eigenvalue weighted by Crippen LogP contribution is -2.33. The summed E-state index contributed by atoms with van der Waals surface area (Å²) in [6, 6.07) is 10.3. The summed E-state index contributed by atoms with van der Waals surface area (Å²) >= 11 is 0. The lowest BCUT2D eigenvalue weighted by Gasteiger charge is -2.18. The second-order valence-corrected chi connectivity index (χ2v) is 5.41. The van der Waals surface area contributed by atoms with Crippen molar-refractivity contribution in [2.75, 3.05) is 7.11 Å². The summed E-state index contributed by atoms with van der Waals surface area (Å²) in [5, 5.41) is 3.13. The second kappa shape index (κ2) is 8.49. The van der Waals surface area contributed by atoms with Crippen molar-refractivity contribution in [3.05, 3.63) is 71.0 Å². The van der Waals surface area contributed by atoms with Crippen LogP contribution in [0.5, 0.6) is 0 Å². The van der Waals surface area contributed by atoms with Crippen LogP contribution in [-0.4, -0.2) is 19.1 Å². The predicted octanol–water partition coefficient (Wildman–Crippen LogP) is 3.37. The number of hydrogen-bond acceptors (Lipinski definition) is 3. The number of hydrogen-bond donors (Lipinski definition) is 1. The maximum absolute atomic E-state index is 13.8. The first-order valence-electron chi connectivity index (χ1n) is 7.47. The maximum Gasteiger partial charge on any atom is 0.307 e. The number of carbonyl (C=O) groups excluding carboxylic acids is 1. The summed E-state index contributed by atoms with van der Waals surface area (Å²) in [6.07, 6.45) is 0.0206. The van der Waals surface area contributed by atoms with Gasteiger partial charge in [0, 0.05) is 18.7 Å². The molecule has 0 aliphatic heterocycles. The highest BCUT2D eigenvalue weighted by Gasteiger charge is 2.18. The zero-order chi connectivity index (χ0) is 17.5. The first-order chi connectivity index (χ1) is 11.5. The van der Waals surface area contributed by atoms with Crippen LogP contribution in [-0.2, 0) is 22.5 Å². The highest BCUT2D eigenvalue weighted by molar-refractivity contribution is 5.70. The highest BCUT2D eigenvalue weighted by atomic mass is 19.2. The molecule has 0 radical (unpaired) electrons. The fraction of sp³-hybridized carbons (Fsp3) is 0.278. The topological polar surface area (TPSA) is 38.3 Å². The van der Waals surface area contributed by atoms with Crippen LogP contribution in [0.1, 0.15) is 17.5 Å². The predicted molar refractivity (Wildman–Crippen MR) is 83.7 cm³/mol. The number of esters is 1. The Bertz CT molecular complexity index is 692. The molecule has 1 atom stereocenters. The summed E-state index contributed by atoms with van der Waals surface area (Å²) in [7, 11) is 1.26. The molecule has 24 heavy (non-hydrogen) atoms. The van der Waals surface area contributed by atoms with E-state index in [0.29, 0.717) is 12.6 Å². The number of benzene rings is 2. The van der Waals surface area contributed by atoms with E-state index in [9.17, 15) is 18.0 Å². The molecule has 0 saturated carbocycles. The standard InChI is InChI=1S/C18H18F3NO2/c1-24-18(23)9-14(22-11-12-5-3-2-4-6-12)7-13-8-16(20)17(21)10-15(13)19/h2-6,8,10,14,22H,7,9,11H2,1H3/t14-/m0/s1. The average Bonchev–Trinajstić information content (AvgIpc) is 2.58. The van der Waals surface area contributed by atoms with Crippen molar-refractivity contribution >= 4 is 5.97 Å². The normalized spacial score (nSPS) is 12.0. The third-order valence-electron chi connectivity index (χ3n) is 3.63. The van der Waals surface area contributed by atoms with Gasteiger partial charge in [-0.3, -0.25) is 4.79 Å². The van der Waals surface area contributed by atoms with Crippen molar-refractivity contribution in [2.24, 2.45) is 0 Å². The summed E-state index contributed by atoms with van der Waals surface area (Å²) in [5.74, 6) is -3.67. The molecule has 128 valence electrons. The number of halogens is 3.